The minimum absolute atomic E-state index is 0.391. The molecular formula is C14H12BrN3O. The SMILES string of the molecule is COc1ccc(Br)cc1-c1cnc(C2(C#N)CC2)[nH]1. The Kier molecular flexibility index (Phi) is 2.83. The average molecular weight is 318 g/mol. The van der Waals surface area contributed by atoms with Crippen molar-refractivity contribution in [2.24, 2.45) is 0 Å². The molecule has 0 aliphatic heterocycles. The molecule has 19 heavy (non-hydrogen) atoms. The van der Waals surface area contributed by atoms with Crippen molar-refractivity contribution in [3.8, 4) is 23.1 Å². The number of hydrogen-bond acceptors (Lipinski definition) is 3. The third-order valence-corrected chi connectivity index (χ3v) is 3.94. The number of rotatable bonds is 3. The van der Waals surface area contributed by atoms with E-state index in [0.29, 0.717) is 0 Å². The van der Waals surface area contributed by atoms with E-state index in [9.17, 15) is 5.26 Å². The summed E-state index contributed by atoms with van der Waals surface area (Å²) in [6.45, 7) is 0. The second-order valence-electron chi connectivity index (χ2n) is 4.68. The minimum Gasteiger partial charge on any atom is -0.496 e. The fraction of sp³-hybridized carbons (Fsp3) is 0.286. The number of ether oxygens (including phenoxy) is 1. The summed E-state index contributed by atoms with van der Waals surface area (Å²) < 4.78 is 6.33. The van der Waals surface area contributed by atoms with Gasteiger partial charge in [0.1, 0.15) is 17.0 Å². The molecule has 3 rings (SSSR count). The molecule has 0 unspecified atom stereocenters. The zero-order valence-electron chi connectivity index (χ0n) is 10.4. The first-order valence-corrected chi connectivity index (χ1v) is 6.78. The first-order chi connectivity index (χ1) is 9.18. The van der Waals surface area contributed by atoms with Gasteiger partial charge in [-0.1, -0.05) is 15.9 Å². The van der Waals surface area contributed by atoms with Crippen molar-refractivity contribution in [2.45, 2.75) is 18.3 Å². The summed E-state index contributed by atoms with van der Waals surface area (Å²) in [6.07, 6.45) is 3.52. The Hall–Kier alpha value is -1.80. The van der Waals surface area contributed by atoms with E-state index in [1.54, 1.807) is 13.3 Å². The van der Waals surface area contributed by atoms with Gasteiger partial charge in [-0.15, -0.1) is 0 Å². The lowest BCUT2D eigenvalue weighted by Crippen LogP contribution is -2.04. The molecule has 5 heteroatoms. The van der Waals surface area contributed by atoms with Crippen LogP contribution in [0.3, 0.4) is 0 Å². The Labute approximate surface area is 119 Å². The van der Waals surface area contributed by atoms with Crippen molar-refractivity contribution in [2.75, 3.05) is 7.11 Å². The molecule has 0 spiro atoms. The van der Waals surface area contributed by atoms with Crippen LogP contribution >= 0.6 is 15.9 Å². The van der Waals surface area contributed by atoms with Crippen LogP contribution in [0.15, 0.2) is 28.9 Å². The van der Waals surface area contributed by atoms with E-state index in [1.807, 2.05) is 18.2 Å². The van der Waals surface area contributed by atoms with E-state index in [1.165, 1.54) is 0 Å². The molecule has 0 amide bonds. The van der Waals surface area contributed by atoms with Gasteiger partial charge in [-0.3, -0.25) is 0 Å². The third kappa shape index (κ3) is 2.02. The van der Waals surface area contributed by atoms with Gasteiger partial charge >= 0.3 is 0 Å². The summed E-state index contributed by atoms with van der Waals surface area (Å²) in [4.78, 5) is 7.60. The van der Waals surface area contributed by atoms with Crippen molar-refractivity contribution in [3.63, 3.8) is 0 Å². The predicted octanol–water partition coefficient (Wildman–Crippen LogP) is 3.40. The zero-order chi connectivity index (χ0) is 13.5. The number of hydrogen-bond donors (Lipinski definition) is 1. The molecule has 1 aromatic heterocycles. The Morgan fingerprint density at radius 1 is 1.47 bits per heavy atom. The molecule has 0 radical (unpaired) electrons. The smallest absolute Gasteiger partial charge is 0.128 e. The molecule has 1 aromatic carbocycles. The molecule has 0 atom stereocenters. The normalized spacial score (nSPS) is 15.8. The summed E-state index contributed by atoms with van der Waals surface area (Å²) in [5.41, 5.74) is 1.41. The Bertz CT molecular complexity index is 668. The van der Waals surface area contributed by atoms with Crippen molar-refractivity contribution in [3.05, 3.63) is 34.7 Å². The topological polar surface area (TPSA) is 61.7 Å². The largest absolute Gasteiger partial charge is 0.496 e. The minimum atomic E-state index is -0.391. The zero-order valence-corrected chi connectivity index (χ0v) is 12.0. The predicted molar refractivity (Wildman–Crippen MR) is 74.8 cm³/mol. The summed E-state index contributed by atoms with van der Waals surface area (Å²) in [5, 5.41) is 9.19. The van der Waals surface area contributed by atoms with Crippen LogP contribution in [-0.2, 0) is 5.41 Å². The highest BCUT2D eigenvalue weighted by Crippen LogP contribution is 2.46. The van der Waals surface area contributed by atoms with Crippen molar-refractivity contribution >= 4 is 15.9 Å². The number of imidazole rings is 1. The molecule has 1 fully saturated rings. The number of nitriles is 1. The maximum atomic E-state index is 9.19. The molecule has 1 aliphatic carbocycles. The molecule has 2 aromatic rings. The van der Waals surface area contributed by atoms with Crippen LogP contribution < -0.4 is 4.74 Å². The van der Waals surface area contributed by atoms with Gasteiger partial charge in [-0.05, 0) is 31.0 Å². The first-order valence-electron chi connectivity index (χ1n) is 5.99. The number of benzene rings is 1. The van der Waals surface area contributed by atoms with Gasteiger partial charge in [0.2, 0.25) is 0 Å². The highest BCUT2D eigenvalue weighted by atomic mass is 79.9. The highest BCUT2D eigenvalue weighted by Gasteiger charge is 2.47. The molecule has 0 bridgehead atoms. The second-order valence-corrected chi connectivity index (χ2v) is 5.60. The summed E-state index contributed by atoms with van der Waals surface area (Å²) >= 11 is 3.45. The lowest BCUT2D eigenvalue weighted by molar-refractivity contribution is 0.416. The Balaban J connectivity index is 2.04. The van der Waals surface area contributed by atoms with Gasteiger partial charge in [0.05, 0.1) is 25.1 Å². The van der Waals surface area contributed by atoms with E-state index in [2.05, 4.69) is 32.0 Å². The van der Waals surface area contributed by atoms with Crippen molar-refractivity contribution < 1.29 is 4.74 Å². The van der Waals surface area contributed by atoms with Gasteiger partial charge in [-0.25, -0.2) is 4.98 Å². The quantitative estimate of drug-likeness (QED) is 0.943. The van der Waals surface area contributed by atoms with Gasteiger partial charge in [0.15, 0.2) is 0 Å². The van der Waals surface area contributed by atoms with Gasteiger partial charge in [-0.2, -0.15) is 5.26 Å². The van der Waals surface area contributed by atoms with Crippen LogP contribution in [0, 0.1) is 11.3 Å². The standard InChI is InChI=1S/C14H12BrN3O/c1-19-12-3-2-9(15)6-10(12)11-7-17-13(18-11)14(8-16)4-5-14/h2-3,6-7H,4-5H2,1H3,(H,17,18). The van der Waals surface area contributed by atoms with Crippen LogP contribution in [0.25, 0.3) is 11.3 Å². The number of nitrogens with one attached hydrogen (secondary N) is 1. The molecule has 0 saturated heterocycles. The fourth-order valence-electron chi connectivity index (χ4n) is 2.12. The molecule has 1 aliphatic rings. The molecule has 1 heterocycles. The van der Waals surface area contributed by atoms with Crippen LogP contribution in [0.4, 0.5) is 0 Å². The lowest BCUT2D eigenvalue weighted by atomic mass is 10.1. The van der Waals surface area contributed by atoms with E-state index in [0.717, 1.165) is 40.1 Å². The number of nitrogens with zero attached hydrogens (tertiary/aromatic N) is 2. The van der Waals surface area contributed by atoms with E-state index >= 15 is 0 Å². The van der Waals surface area contributed by atoms with E-state index in [4.69, 9.17) is 4.74 Å². The van der Waals surface area contributed by atoms with E-state index in [-0.39, 0.29) is 0 Å². The maximum Gasteiger partial charge on any atom is 0.128 e. The lowest BCUT2D eigenvalue weighted by Gasteiger charge is -2.07. The number of halogens is 1. The molecule has 4 nitrogen and oxygen atoms in total. The maximum absolute atomic E-state index is 9.19. The first kappa shape index (κ1) is 12.2. The van der Waals surface area contributed by atoms with Crippen LogP contribution in [-0.4, -0.2) is 17.1 Å². The van der Waals surface area contributed by atoms with Crippen LogP contribution in [0.2, 0.25) is 0 Å². The average Bonchev–Trinajstić information content (AvgIpc) is 3.08. The third-order valence-electron chi connectivity index (χ3n) is 3.44. The fourth-order valence-corrected chi connectivity index (χ4v) is 2.48. The number of aromatic amines is 1. The second kappa shape index (κ2) is 4.39. The van der Waals surface area contributed by atoms with Gasteiger partial charge < -0.3 is 9.72 Å². The monoisotopic (exact) mass is 317 g/mol. The number of methoxy groups -OCH3 is 1. The van der Waals surface area contributed by atoms with Gasteiger partial charge in [0, 0.05) is 10.0 Å². The summed E-state index contributed by atoms with van der Waals surface area (Å²) in [6, 6.07) is 8.14. The molecular weight excluding hydrogens is 306 g/mol. The van der Waals surface area contributed by atoms with Crippen molar-refractivity contribution in [1.82, 2.24) is 9.97 Å². The summed E-state index contributed by atoms with van der Waals surface area (Å²) in [7, 11) is 1.64. The Morgan fingerprint density at radius 2 is 2.26 bits per heavy atom. The number of H-pyrrole nitrogens is 1. The number of aromatic nitrogens is 2. The molecule has 1 saturated carbocycles. The summed E-state index contributed by atoms with van der Waals surface area (Å²) in [5.74, 6) is 1.53. The van der Waals surface area contributed by atoms with Crippen LogP contribution in [0.1, 0.15) is 18.7 Å². The van der Waals surface area contributed by atoms with Crippen LogP contribution in [0.5, 0.6) is 5.75 Å². The van der Waals surface area contributed by atoms with E-state index < -0.39 is 5.41 Å². The molecule has 96 valence electrons. The highest BCUT2D eigenvalue weighted by molar-refractivity contribution is 9.10. The molecule has 1 N–H and O–H groups in total. The Morgan fingerprint density at radius 3 is 2.89 bits per heavy atom. The van der Waals surface area contributed by atoms with Crippen molar-refractivity contribution in [1.29, 1.82) is 5.26 Å². The van der Waals surface area contributed by atoms with Gasteiger partial charge in [0.25, 0.3) is 0 Å².